The monoisotopic (exact) mass is 250 g/mol. The third-order valence-corrected chi connectivity index (χ3v) is 3.65. The van der Waals surface area contributed by atoms with Gasteiger partial charge < -0.3 is 10.2 Å². The molecule has 18 heavy (non-hydrogen) atoms. The highest BCUT2D eigenvalue weighted by atomic mass is 15.3. The van der Waals surface area contributed by atoms with E-state index < -0.39 is 0 Å². The van der Waals surface area contributed by atoms with E-state index in [1.165, 1.54) is 38.2 Å². The normalized spacial score (nSPS) is 18.4. The predicted molar refractivity (Wildman–Crippen MR) is 74.6 cm³/mol. The van der Waals surface area contributed by atoms with Crippen molar-refractivity contribution in [1.82, 2.24) is 20.0 Å². The van der Waals surface area contributed by atoms with E-state index in [-0.39, 0.29) is 0 Å². The number of aromatic nitrogens is 2. The highest BCUT2D eigenvalue weighted by Crippen LogP contribution is 2.08. The van der Waals surface area contributed by atoms with Crippen LogP contribution in [0.1, 0.15) is 38.1 Å². The fourth-order valence-corrected chi connectivity index (χ4v) is 2.71. The van der Waals surface area contributed by atoms with E-state index >= 15 is 0 Å². The summed E-state index contributed by atoms with van der Waals surface area (Å²) in [6, 6.07) is 2.72. The predicted octanol–water partition coefficient (Wildman–Crippen LogP) is 1.79. The first kappa shape index (κ1) is 13.6. The number of rotatable bonds is 6. The van der Waals surface area contributed by atoms with E-state index in [2.05, 4.69) is 46.8 Å². The van der Waals surface area contributed by atoms with Gasteiger partial charge in [0, 0.05) is 25.7 Å². The van der Waals surface area contributed by atoms with Gasteiger partial charge in [0.05, 0.1) is 11.4 Å². The fraction of sp³-hybridized carbons (Fsp3) is 0.786. The number of aryl methyl sites for hydroxylation is 2. The van der Waals surface area contributed by atoms with Crippen molar-refractivity contribution in [2.45, 2.75) is 52.7 Å². The molecule has 4 nitrogen and oxygen atoms in total. The minimum atomic E-state index is 0.545. The van der Waals surface area contributed by atoms with Gasteiger partial charge in [-0.3, -0.25) is 4.68 Å². The van der Waals surface area contributed by atoms with Crippen LogP contribution < -0.4 is 5.32 Å². The van der Waals surface area contributed by atoms with Crippen molar-refractivity contribution in [3.05, 3.63) is 17.5 Å². The highest BCUT2D eigenvalue weighted by Gasteiger charge is 2.14. The van der Waals surface area contributed by atoms with Crippen LogP contribution in [0.15, 0.2) is 6.07 Å². The molecule has 1 aromatic rings. The Labute approximate surface area is 110 Å². The highest BCUT2D eigenvalue weighted by molar-refractivity contribution is 5.08. The van der Waals surface area contributed by atoms with Crippen LogP contribution in [-0.2, 0) is 13.1 Å². The second-order valence-electron chi connectivity index (χ2n) is 5.38. The zero-order valence-electron chi connectivity index (χ0n) is 11.9. The van der Waals surface area contributed by atoms with Gasteiger partial charge in [-0.2, -0.15) is 5.10 Å². The van der Waals surface area contributed by atoms with Crippen molar-refractivity contribution in [2.75, 3.05) is 19.6 Å². The van der Waals surface area contributed by atoms with Crippen molar-refractivity contribution in [2.24, 2.45) is 0 Å². The Bertz CT molecular complexity index is 366. The van der Waals surface area contributed by atoms with Crippen LogP contribution in [-0.4, -0.2) is 40.4 Å². The summed E-state index contributed by atoms with van der Waals surface area (Å²) in [6.45, 7) is 12.1. The first-order chi connectivity index (χ1) is 8.69. The van der Waals surface area contributed by atoms with E-state index in [1.54, 1.807) is 0 Å². The standard InChI is InChI=1S/C14H26N4/c1-4-18-14(9-12(2)16-18)10-15-13(3)11-17-7-5-6-8-17/h9,13,15H,4-8,10-11H2,1-3H3. The van der Waals surface area contributed by atoms with Gasteiger partial charge in [-0.1, -0.05) is 0 Å². The van der Waals surface area contributed by atoms with E-state index in [9.17, 15) is 0 Å². The Morgan fingerprint density at radius 2 is 2.11 bits per heavy atom. The Morgan fingerprint density at radius 3 is 2.78 bits per heavy atom. The smallest absolute Gasteiger partial charge is 0.0597 e. The van der Waals surface area contributed by atoms with Gasteiger partial charge in [-0.15, -0.1) is 0 Å². The summed E-state index contributed by atoms with van der Waals surface area (Å²) in [7, 11) is 0. The summed E-state index contributed by atoms with van der Waals surface area (Å²) < 4.78 is 2.09. The van der Waals surface area contributed by atoms with Crippen LogP contribution in [0.3, 0.4) is 0 Å². The van der Waals surface area contributed by atoms with Crippen LogP contribution in [0.5, 0.6) is 0 Å². The second-order valence-corrected chi connectivity index (χ2v) is 5.38. The minimum absolute atomic E-state index is 0.545. The van der Waals surface area contributed by atoms with Gasteiger partial charge in [-0.25, -0.2) is 0 Å². The Balaban J connectivity index is 1.79. The number of hydrogen-bond acceptors (Lipinski definition) is 3. The molecule has 1 aliphatic rings. The lowest BCUT2D eigenvalue weighted by molar-refractivity contribution is 0.297. The third kappa shape index (κ3) is 3.56. The Kier molecular flexibility index (Phi) is 4.78. The molecule has 1 saturated heterocycles. The molecule has 1 unspecified atom stereocenters. The van der Waals surface area contributed by atoms with Gasteiger partial charge in [0.2, 0.25) is 0 Å². The molecule has 1 fully saturated rings. The maximum absolute atomic E-state index is 4.48. The molecule has 0 aliphatic carbocycles. The number of nitrogens with one attached hydrogen (secondary N) is 1. The summed E-state index contributed by atoms with van der Waals surface area (Å²) in [6.07, 6.45) is 2.74. The fourth-order valence-electron chi connectivity index (χ4n) is 2.71. The molecule has 0 spiro atoms. The summed E-state index contributed by atoms with van der Waals surface area (Å²) in [5.41, 5.74) is 2.41. The number of nitrogens with zero attached hydrogens (tertiary/aromatic N) is 3. The molecule has 1 aromatic heterocycles. The lowest BCUT2D eigenvalue weighted by Gasteiger charge is -2.21. The molecule has 0 bridgehead atoms. The summed E-state index contributed by atoms with van der Waals surface area (Å²) in [5, 5.41) is 8.09. The topological polar surface area (TPSA) is 33.1 Å². The maximum Gasteiger partial charge on any atom is 0.0597 e. The van der Waals surface area contributed by atoms with Gasteiger partial charge in [0.15, 0.2) is 0 Å². The first-order valence-corrected chi connectivity index (χ1v) is 7.18. The molecular formula is C14H26N4. The molecular weight excluding hydrogens is 224 g/mol. The molecule has 102 valence electrons. The van der Waals surface area contributed by atoms with Gasteiger partial charge >= 0.3 is 0 Å². The summed E-state index contributed by atoms with van der Waals surface area (Å²) in [5.74, 6) is 0. The number of likely N-dealkylation sites (tertiary alicyclic amines) is 1. The average molecular weight is 250 g/mol. The van der Waals surface area contributed by atoms with E-state index in [0.29, 0.717) is 6.04 Å². The maximum atomic E-state index is 4.48. The zero-order chi connectivity index (χ0) is 13.0. The average Bonchev–Trinajstić information content (AvgIpc) is 2.95. The Hall–Kier alpha value is -0.870. The molecule has 0 aromatic carbocycles. The largest absolute Gasteiger partial charge is 0.307 e. The van der Waals surface area contributed by atoms with Crippen LogP contribution in [0.2, 0.25) is 0 Å². The summed E-state index contributed by atoms with van der Waals surface area (Å²) >= 11 is 0. The lowest BCUT2D eigenvalue weighted by Crippen LogP contribution is -2.37. The quantitative estimate of drug-likeness (QED) is 0.835. The van der Waals surface area contributed by atoms with Crippen LogP contribution in [0.25, 0.3) is 0 Å². The molecule has 4 heteroatoms. The molecule has 1 aliphatic heterocycles. The molecule has 0 saturated carbocycles. The van der Waals surface area contributed by atoms with Gasteiger partial charge in [0.25, 0.3) is 0 Å². The number of hydrogen-bond donors (Lipinski definition) is 1. The van der Waals surface area contributed by atoms with Crippen molar-refractivity contribution >= 4 is 0 Å². The van der Waals surface area contributed by atoms with Crippen LogP contribution >= 0.6 is 0 Å². The van der Waals surface area contributed by atoms with E-state index in [0.717, 1.165) is 18.8 Å². The minimum Gasteiger partial charge on any atom is -0.307 e. The van der Waals surface area contributed by atoms with E-state index in [4.69, 9.17) is 0 Å². The molecule has 1 N–H and O–H groups in total. The van der Waals surface area contributed by atoms with Gasteiger partial charge in [0.1, 0.15) is 0 Å². The molecule has 0 radical (unpaired) electrons. The molecule has 0 amide bonds. The van der Waals surface area contributed by atoms with Crippen LogP contribution in [0.4, 0.5) is 0 Å². The van der Waals surface area contributed by atoms with Crippen molar-refractivity contribution in [3.8, 4) is 0 Å². The second kappa shape index (κ2) is 6.34. The first-order valence-electron chi connectivity index (χ1n) is 7.18. The molecule has 2 rings (SSSR count). The van der Waals surface area contributed by atoms with Gasteiger partial charge in [-0.05, 0) is 52.8 Å². The molecule has 2 heterocycles. The van der Waals surface area contributed by atoms with Crippen molar-refractivity contribution < 1.29 is 0 Å². The SMILES string of the molecule is CCn1nc(C)cc1CNC(C)CN1CCCC1. The van der Waals surface area contributed by atoms with Crippen molar-refractivity contribution in [3.63, 3.8) is 0 Å². The van der Waals surface area contributed by atoms with Crippen LogP contribution in [0, 0.1) is 6.92 Å². The molecule has 1 atom stereocenters. The third-order valence-electron chi connectivity index (χ3n) is 3.65. The Morgan fingerprint density at radius 1 is 1.39 bits per heavy atom. The zero-order valence-corrected chi connectivity index (χ0v) is 11.9. The van der Waals surface area contributed by atoms with E-state index in [1.807, 2.05) is 0 Å². The summed E-state index contributed by atoms with van der Waals surface area (Å²) in [4.78, 5) is 2.56. The van der Waals surface area contributed by atoms with Crippen molar-refractivity contribution in [1.29, 1.82) is 0 Å². The lowest BCUT2D eigenvalue weighted by atomic mass is 10.3.